The van der Waals surface area contributed by atoms with Crippen LogP contribution in [0.1, 0.15) is 11.1 Å². The zero-order valence-corrected chi connectivity index (χ0v) is 13.6. The third-order valence-electron chi connectivity index (χ3n) is 3.50. The molecule has 0 bridgehead atoms. The van der Waals surface area contributed by atoms with E-state index in [1.165, 1.54) is 6.07 Å². The number of para-hydroxylation sites is 1. The van der Waals surface area contributed by atoms with Crippen LogP contribution in [-0.2, 0) is 14.8 Å². The Labute approximate surface area is 135 Å². The van der Waals surface area contributed by atoms with Gasteiger partial charge < -0.3 is 10.6 Å². The second-order valence-electron chi connectivity index (χ2n) is 5.56. The molecule has 1 aliphatic rings. The molecule has 0 saturated heterocycles. The Kier molecular flexibility index (Phi) is 3.83. The molecule has 0 fully saturated rings. The van der Waals surface area contributed by atoms with Crippen LogP contribution in [0.15, 0.2) is 47.4 Å². The summed E-state index contributed by atoms with van der Waals surface area (Å²) in [6.07, 6.45) is -1.06. The Hall–Kier alpha value is -2.38. The summed E-state index contributed by atoms with van der Waals surface area (Å²) < 4.78 is 26.8. The van der Waals surface area contributed by atoms with E-state index < -0.39 is 22.1 Å². The number of aryl methyl sites for hydroxylation is 2. The number of sulfonamides is 1. The fourth-order valence-electron chi connectivity index (χ4n) is 2.60. The van der Waals surface area contributed by atoms with Gasteiger partial charge in [0.1, 0.15) is 4.90 Å². The summed E-state index contributed by atoms with van der Waals surface area (Å²) in [5.74, 6) is -0.465. The SMILES string of the molecule is Cc1cc(C)cc(NC(=O)C2Nc3ccccc3S(=O)(=O)N2)c1. The van der Waals surface area contributed by atoms with E-state index in [-0.39, 0.29) is 4.90 Å². The van der Waals surface area contributed by atoms with Gasteiger partial charge in [0.25, 0.3) is 5.91 Å². The lowest BCUT2D eigenvalue weighted by atomic mass is 10.1. The molecule has 0 aliphatic carbocycles. The number of rotatable bonds is 2. The second kappa shape index (κ2) is 5.68. The van der Waals surface area contributed by atoms with Gasteiger partial charge in [0.15, 0.2) is 6.17 Å². The van der Waals surface area contributed by atoms with Crippen LogP contribution in [0.4, 0.5) is 11.4 Å². The summed E-state index contributed by atoms with van der Waals surface area (Å²) in [5, 5.41) is 5.63. The van der Waals surface area contributed by atoms with Gasteiger partial charge in [-0.15, -0.1) is 0 Å². The molecule has 2 aromatic carbocycles. The summed E-state index contributed by atoms with van der Waals surface area (Å²) in [7, 11) is -3.72. The van der Waals surface area contributed by atoms with E-state index in [9.17, 15) is 13.2 Å². The highest BCUT2D eigenvalue weighted by molar-refractivity contribution is 7.89. The van der Waals surface area contributed by atoms with E-state index in [1.807, 2.05) is 32.0 Å². The van der Waals surface area contributed by atoms with Gasteiger partial charge in [0.2, 0.25) is 10.0 Å². The minimum Gasteiger partial charge on any atom is -0.360 e. The highest BCUT2D eigenvalue weighted by atomic mass is 32.2. The van der Waals surface area contributed by atoms with Crippen LogP contribution in [-0.4, -0.2) is 20.5 Å². The molecule has 2 aromatic rings. The lowest BCUT2D eigenvalue weighted by molar-refractivity contribution is -0.117. The summed E-state index contributed by atoms with van der Waals surface area (Å²) in [5.41, 5.74) is 3.07. The van der Waals surface area contributed by atoms with Crippen molar-refractivity contribution in [1.29, 1.82) is 0 Å². The van der Waals surface area contributed by atoms with Crippen LogP contribution in [0.5, 0.6) is 0 Å². The monoisotopic (exact) mass is 331 g/mol. The standard InChI is InChI=1S/C16H17N3O3S/c1-10-7-11(2)9-12(8-10)17-16(20)15-18-13-5-3-4-6-14(13)23(21,22)19-15/h3-9,15,18-19H,1-2H3,(H,17,20). The molecule has 0 radical (unpaired) electrons. The summed E-state index contributed by atoms with van der Waals surface area (Å²) in [6.45, 7) is 3.86. The second-order valence-corrected chi connectivity index (χ2v) is 7.24. The first-order valence-corrected chi connectivity index (χ1v) is 8.60. The van der Waals surface area contributed by atoms with Crippen molar-refractivity contribution >= 4 is 27.3 Å². The summed E-state index contributed by atoms with van der Waals surface area (Å²) in [4.78, 5) is 12.5. The number of benzene rings is 2. The Bertz CT molecular complexity index is 858. The molecule has 1 unspecified atom stereocenters. The quantitative estimate of drug-likeness (QED) is 0.785. The van der Waals surface area contributed by atoms with Crippen molar-refractivity contribution in [2.24, 2.45) is 0 Å². The predicted octanol–water partition coefficient (Wildman–Crippen LogP) is 1.97. The maximum Gasteiger partial charge on any atom is 0.262 e. The number of carbonyl (C=O) groups is 1. The number of amides is 1. The van der Waals surface area contributed by atoms with Gasteiger partial charge in [-0.1, -0.05) is 18.2 Å². The third-order valence-corrected chi connectivity index (χ3v) is 4.98. The van der Waals surface area contributed by atoms with Gasteiger partial charge >= 0.3 is 0 Å². The first kappa shape index (κ1) is 15.5. The van der Waals surface area contributed by atoms with Crippen molar-refractivity contribution in [3.05, 3.63) is 53.6 Å². The Morgan fingerprint density at radius 1 is 1.09 bits per heavy atom. The van der Waals surface area contributed by atoms with E-state index in [1.54, 1.807) is 18.2 Å². The number of fused-ring (bicyclic) bond motifs is 1. The van der Waals surface area contributed by atoms with Gasteiger partial charge in [0.05, 0.1) is 5.69 Å². The molecule has 1 atom stereocenters. The highest BCUT2D eigenvalue weighted by Gasteiger charge is 2.32. The minimum absolute atomic E-state index is 0.135. The number of hydrogen-bond donors (Lipinski definition) is 3. The zero-order valence-electron chi connectivity index (χ0n) is 12.8. The van der Waals surface area contributed by atoms with Gasteiger partial charge in [-0.2, -0.15) is 4.72 Å². The number of nitrogens with one attached hydrogen (secondary N) is 3. The lowest BCUT2D eigenvalue weighted by Crippen LogP contribution is -2.51. The van der Waals surface area contributed by atoms with Crippen molar-refractivity contribution in [1.82, 2.24) is 4.72 Å². The smallest absolute Gasteiger partial charge is 0.262 e. The molecule has 0 saturated carbocycles. The molecule has 7 heteroatoms. The molecule has 120 valence electrons. The average Bonchev–Trinajstić information content (AvgIpc) is 2.45. The fourth-order valence-corrected chi connectivity index (χ4v) is 3.88. The first-order chi connectivity index (χ1) is 10.8. The zero-order chi connectivity index (χ0) is 16.6. The van der Waals surface area contributed by atoms with E-state index in [2.05, 4.69) is 15.4 Å². The van der Waals surface area contributed by atoms with Gasteiger partial charge in [0, 0.05) is 5.69 Å². The molecular formula is C16H17N3O3S. The molecule has 0 spiro atoms. The average molecular weight is 331 g/mol. The van der Waals surface area contributed by atoms with Crippen LogP contribution in [0.25, 0.3) is 0 Å². The largest absolute Gasteiger partial charge is 0.360 e. The molecule has 6 nitrogen and oxygen atoms in total. The number of carbonyl (C=O) groups excluding carboxylic acids is 1. The Balaban J connectivity index is 1.84. The molecule has 1 amide bonds. The van der Waals surface area contributed by atoms with Crippen molar-refractivity contribution in [3.63, 3.8) is 0 Å². The first-order valence-electron chi connectivity index (χ1n) is 7.12. The Morgan fingerprint density at radius 3 is 2.43 bits per heavy atom. The van der Waals surface area contributed by atoms with Gasteiger partial charge in [-0.25, -0.2) is 8.42 Å². The maximum atomic E-state index is 12.4. The van der Waals surface area contributed by atoms with Crippen LogP contribution in [0.2, 0.25) is 0 Å². The fraction of sp³-hybridized carbons (Fsp3) is 0.188. The summed E-state index contributed by atoms with van der Waals surface area (Å²) >= 11 is 0. The van der Waals surface area contributed by atoms with Crippen LogP contribution in [0, 0.1) is 13.8 Å². The topological polar surface area (TPSA) is 87.3 Å². The number of hydrogen-bond acceptors (Lipinski definition) is 4. The van der Waals surface area contributed by atoms with E-state index in [0.717, 1.165) is 11.1 Å². The molecule has 0 aromatic heterocycles. The Morgan fingerprint density at radius 2 is 1.74 bits per heavy atom. The van der Waals surface area contributed by atoms with Crippen LogP contribution in [0.3, 0.4) is 0 Å². The number of anilines is 2. The molecule has 3 rings (SSSR count). The van der Waals surface area contributed by atoms with Crippen LogP contribution < -0.4 is 15.4 Å². The third kappa shape index (κ3) is 3.20. The summed E-state index contributed by atoms with van der Waals surface area (Å²) in [6, 6.07) is 12.1. The van der Waals surface area contributed by atoms with Crippen molar-refractivity contribution in [3.8, 4) is 0 Å². The van der Waals surface area contributed by atoms with Crippen LogP contribution >= 0.6 is 0 Å². The minimum atomic E-state index is -3.72. The van der Waals surface area contributed by atoms with Gasteiger partial charge in [-0.3, -0.25) is 4.79 Å². The van der Waals surface area contributed by atoms with E-state index in [4.69, 9.17) is 0 Å². The maximum absolute atomic E-state index is 12.4. The van der Waals surface area contributed by atoms with Crippen molar-refractivity contribution in [2.75, 3.05) is 10.6 Å². The van der Waals surface area contributed by atoms with E-state index >= 15 is 0 Å². The molecule has 1 heterocycles. The molecule has 3 N–H and O–H groups in total. The highest BCUT2D eigenvalue weighted by Crippen LogP contribution is 2.25. The molecular weight excluding hydrogens is 314 g/mol. The van der Waals surface area contributed by atoms with Crippen molar-refractivity contribution < 1.29 is 13.2 Å². The molecule has 23 heavy (non-hydrogen) atoms. The van der Waals surface area contributed by atoms with E-state index in [0.29, 0.717) is 11.4 Å². The van der Waals surface area contributed by atoms with Gasteiger partial charge in [-0.05, 0) is 49.2 Å². The lowest BCUT2D eigenvalue weighted by Gasteiger charge is -2.27. The van der Waals surface area contributed by atoms with Crippen molar-refractivity contribution in [2.45, 2.75) is 24.9 Å². The normalized spacial score (nSPS) is 18.6. The molecule has 1 aliphatic heterocycles. The predicted molar refractivity (Wildman–Crippen MR) is 88.7 cm³/mol.